The molecule has 1 radical (unpaired) electrons. The topological polar surface area (TPSA) is 26.6 Å². The first kappa shape index (κ1) is 9.65. The molecule has 1 fully saturated rings. The van der Waals surface area contributed by atoms with Crippen LogP contribution in [0.4, 0.5) is 0 Å². The van der Waals surface area contributed by atoms with Gasteiger partial charge in [-0.2, -0.15) is 5.06 Å². The lowest BCUT2D eigenvalue weighted by atomic mass is 10.1. The first-order chi connectivity index (χ1) is 6.90. The summed E-state index contributed by atoms with van der Waals surface area (Å²) < 4.78 is 0. The Kier molecular flexibility index (Phi) is 3.14. The smallest absolute Gasteiger partial charge is 0.0646 e. The van der Waals surface area contributed by atoms with E-state index in [1.54, 1.807) is 7.11 Å². The summed E-state index contributed by atoms with van der Waals surface area (Å²) in [6.07, 6.45) is 0. The van der Waals surface area contributed by atoms with Gasteiger partial charge in [-0.15, -0.1) is 0 Å². The van der Waals surface area contributed by atoms with Gasteiger partial charge in [0.25, 0.3) is 0 Å². The van der Waals surface area contributed by atoms with Gasteiger partial charge in [0.15, 0.2) is 0 Å². The molecule has 0 spiro atoms. The van der Waals surface area contributed by atoms with E-state index in [4.69, 9.17) is 4.84 Å². The van der Waals surface area contributed by atoms with Crippen molar-refractivity contribution in [2.45, 2.75) is 6.04 Å². The molecule has 0 amide bonds. The molecule has 3 nitrogen and oxygen atoms in total. The van der Waals surface area contributed by atoms with Crippen LogP contribution in [0, 0.1) is 0 Å². The van der Waals surface area contributed by atoms with E-state index < -0.39 is 0 Å². The molecule has 1 aromatic carbocycles. The molecular weight excluding hydrogens is 176 g/mol. The molecule has 1 heterocycles. The van der Waals surface area contributed by atoms with E-state index in [1.165, 1.54) is 5.56 Å². The van der Waals surface area contributed by atoms with E-state index in [1.807, 2.05) is 11.1 Å². The highest BCUT2D eigenvalue weighted by Crippen LogP contribution is 2.17. The highest BCUT2D eigenvalue weighted by Gasteiger charge is 2.21. The molecule has 14 heavy (non-hydrogen) atoms. The van der Waals surface area contributed by atoms with Gasteiger partial charge in [-0.3, -0.25) is 0 Å². The van der Waals surface area contributed by atoms with Crippen LogP contribution in [0.3, 0.4) is 0 Å². The second kappa shape index (κ2) is 4.55. The second-order valence-electron chi connectivity index (χ2n) is 3.40. The van der Waals surface area contributed by atoms with Crippen molar-refractivity contribution in [1.29, 1.82) is 0 Å². The fraction of sp³-hybridized carbons (Fsp3) is 0.455. The summed E-state index contributed by atoms with van der Waals surface area (Å²) in [4.78, 5) is 5.22. The van der Waals surface area contributed by atoms with Gasteiger partial charge in [0, 0.05) is 19.6 Å². The zero-order chi connectivity index (χ0) is 9.80. The Morgan fingerprint density at radius 2 is 2.14 bits per heavy atom. The molecule has 0 N–H and O–H groups in total. The maximum absolute atomic E-state index is 5.22. The molecule has 1 aromatic rings. The largest absolute Gasteiger partial charge is 0.302 e. The first-order valence-electron chi connectivity index (χ1n) is 4.91. The Morgan fingerprint density at radius 3 is 2.86 bits per heavy atom. The number of piperazine rings is 1. The highest BCUT2D eigenvalue weighted by molar-refractivity contribution is 5.19. The maximum Gasteiger partial charge on any atom is 0.0646 e. The third kappa shape index (κ3) is 2.12. The summed E-state index contributed by atoms with van der Waals surface area (Å²) in [5, 5.41) is 6.54. The van der Waals surface area contributed by atoms with Crippen molar-refractivity contribution < 1.29 is 4.84 Å². The molecule has 0 aromatic heterocycles. The van der Waals surface area contributed by atoms with Crippen molar-refractivity contribution in [3.05, 3.63) is 35.9 Å². The lowest BCUT2D eigenvalue weighted by Crippen LogP contribution is -2.41. The lowest BCUT2D eigenvalue weighted by Gasteiger charge is -2.30. The van der Waals surface area contributed by atoms with Crippen LogP contribution < -0.4 is 5.32 Å². The van der Waals surface area contributed by atoms with Crippen molar-refractivity contribution in [3.63, 3.8) is 0 Å². The average molecular weight is 191 g/mol. The van der Waals surface area contributed by atoms with Gasteiger partial charge in [0.05, 0.1) is 13.2 Å². The molecule has 1 atom stereocenters. The minimum atomic E-state index is 0.268. The number of benzene rings is 1. The molecule has 1 unspecified atom stereocenters. The zero-order valence-corrected chi connectivity index (χ0v) is 8.39. The predicted molar refractivity (Wildman–Crippen MR) is 54.8 cm³/mol. The third-order valence-corrected chi connectivity index (χ3v) is 2.52. The molecular formula is C11H15N2O. The van der Waals surface area contributed by atoms with Gasteiger partial charge in [-0.25, -0.2) is 5.32 Å². The third-order valence-electron chi connectivity index (χ3n) is 2.52. The molecule has 1 aliphatic heterocycles. The Labute approximate surface area is 84.6 Å². The molecule has 0 aliphatic carbocycles. The highest BCUT2D eigenvalue weighted by atomic mass is 16.7. The molecule has 0 bridgehead atoms. The summed E-state index contributed by atoms with van der Waals surface area (Å²) in [6, 6.07) is 10.6. The van der Waals surface area contributed by atoms with Crippen LogP contribution in [0.5, 0.6) is 0 Å². The fourth-order valence-electron chi connectivity index (χ4n) is 1.72. The Bertz CT molecular complexity index is 276. The monoisotopic (exact) mass is 191 g/mol. The van der Waals surface area contributed by atoms with Crippen LogP contribution in [-0.2, 0) is 4.84 Å². The molecule has 1 aliphatic rings. The Morgan fingerprint density at radius 1 is 1.36 bits per heavy atom. The molecule has 2 rings (SSSR count). The van der Waals surface area contributed by atoms with Crippen LogP contribution in [0.25, 0.3) is 0 Å². The standard InChI is InChI=1S/C11H15N2O/c1-14-13-8-7-12-11(9-13)10-5-3-2-4-6-10/h2-6,11H,7-9H2,1H3. The van der Waals surface area contributed by atoms with Crippen LogP contribution in [0.15, 0.2) is 30.3 Å². The van der Waals surface area contributed by atoms with Crippen LogP contribution >= 0.6 is 0 Å². The minimum absolute atomic E-state index is 0.268. The summed E-state index contributed by atoms with van der Waals surface area (Å²) in [5.74, 6) is 0. The summed E-state index contributed by atoms with van der Waals surface area (Å²) >= 11 is 0. The van der Waals surface area contributed by atoms with Crippen molar-refractivity contribution in [2.75, 3.05) is 26.7 Å². The summed E-state index contributed by atoms with van der Waals surface area (Å²) in [7, 11) is 1.72. The fourth-order valence-corrected chi connectivity index (χ4v) is 1.72. The lowest BCUT2D eigenvalue weighted by molar-refractivity contribution is -0.146. The van der Waals surface area contributed by atoms with Gasteiger partial charge < -0.3 is 4.84 Å². The predicted octanol–water partition coefficient (Wildman–Crippen LogP) is 1.21. The number of hydrogen-bond acceptors (Lipinski definition) is 2. The molecule has 1 saturated heterocycles. The van der Waals surface area contributed by atoms with Crippen molar-refractivity contribution in [2.24, 2.45) is 0 Å². The van der Waals surface area contributed by atoms with Crippen LogP contribution in [-0.4, -0.2) is 31.8 Å². The van der Waals surface area contributed by atoms with E-state index in [2.05, 4.69) is 29.6 Å². The van der Waals surface area contributed by atoms with Gasteiger partial charge in [0.1, 0.15) is 0 Å². The van der Waals surface area contributed by atoms with E-state index in [-0.39, 0.29) is 6.04 Å². The molecule has 3 heteroatoms. The van der Waals surface area contributed by atoms with Gasteiger partial charge >= 0.3 is 0 Å². The van der Waals surface area contributed by atoms with Crippen molar-refractivity contribution in [3.8, 4) is 0 Å². The zero-order valence-electron chi connectivity index (χ0n) is 8.39. The SMILES string of the molecule is CON1CC[N]C(c2ccccc2)C1. The van der Waals surface area contributed by atoms with E-state index in [9.17, 15) is 0 Å². The van der Waals surface area contributed by atoms with Gasteiger partial charge in [-0.1, -0.05) is 30.3 Å². The van der Waals surface area contributed by atoms with Crippen LogP contribution in [0.2, 0.25) is 0 Å². The number of hydroxylamine groups is 2. The average Bonchev–Trinajstić information content (AvgIpc) is 2.30. The second-order valence-corrected chi connectivity index (χ2v) is 3.40. The Hall–Kier alpha value is -0.900. The van der Waals surface area contributed by atoms with Gasteiger partial charge in [-0.05, 0) is 5.56 Å². The molecule has 75 valence electrons. The van der Waals surface area contributed by atoms with Gasteiger partial charge in [0.2, 0.25) is 0 Å². The van der Waals surface area contributed by atoms with E-state index >= 15 is 0 Å². The summed E-state index contributed by atoms with van der Waals surface area (Å²) in [6.45, 7) is 2.62. The number of nitrogens with zero attached hydrogens (tertiary/aromatic N) is 2. The van der Waals surface area contributed by atoms with Crippen LogP contribution in [0.1, 0.15) is 11.6 Å². The maximum atomic E-state index is 5.22. The van der Waals surface area contributed by atoms with E-state index in [0.717, 1.165) is 19.6 Å². The van der Waals surface area contributed by atoms with Crippen molar-refractivity contribution in [1.82, 2.24) is 10.4 Å². The van der Waals surface area contributed by atoms with E-state index in [0.29, 0.717) is 0 Å². The minimum Gasteiger partial charge on any atom is -0.302 e. The number of rotatable bonds is 2. The summed E-state index contributed by atoms with van der Waals surface area (Å²) in [5.41, 5.74) is 1.27. The quantitative estimate of drug-likeness (QED) is 0.702. The molecule has 0 saturated carbocycles. The number of hydrogen-bond donors (Lipinski definition) is 0. The first-order valence-corrected chi connectivity index (χ1v) is 4.91. The normalized spacial score (nSPS) is 23.6. The van der Waals surface area contributed by atoms with Crippen molar-refractivity contribution >= 4 is 0 Å². The Balaban J connectivity index is 2.04.